The van der Waals surface area contributed by atoms with Crippen LogP contribution in [0.4, 0.5) is 0 Å². The van der Waals surface area contributed by atoms with E-state index in [0.29, 0.717) is 27.4 Å². The number of ether oxygens (including phenoxy) is 2. The van der Waals surface area contributed by atoms with Gasteiger partial charge in [0.15, 0.2) is 17.3 Å². The molecule has 0 radical (unpaired) electrons. The number of carbonyl (C=O) groups excluding carboxylic acids is 1. The molecule has 0 bridgehead atoms. The Balaban J connectivity index is 2.25. The predicted molar refractivity (Wildman–Crippen MR) is 76.2 cm³/mol. The summed E-state index contributed by atoms with van der Waals surface area (Å²) >= 11 is 3.37. The zero-order chi connectivity index (χ0) is 14.7. The molecule has 7 heteroatoms. The molecule has 0 amide bonds. The zero-order valence-electron chi connectivity index (χ0n) is 11.4. The summed E-state index contributed by atoms with van der Waals surface area (Å²) in [6.07, 6.45) is 0.753. The summed E-state index contributed by atoms with van der Waals surface area (Å²) < 4.78 is 13.5. The topological polar surface area (TPSA) is 66.2 Å². The molecule has 0 atom stereocenters. The third-order valence-electron chi connectivity index (χ3n) is 2.92. The van der Waals surface area contributed by atoms with Crippen LogP contribution in [0.1, 0.15) is 22.0 Å². The Labute approximate surface area is 124 Å². The average molecular weight is 340 g/mol. The van der Waals surface area contributed by atoms with Gasteiger partial charge in [-0.25, -0.2) is 0 Å². The van der Waals surface area contributed by atoms with Crippen LogP contribution < -0.4 is 9.47 Å². The van der Waals surface area contributed by atoms with E-state index in [9.17, 15) is 4.79 Å². The SMILES string of the molecule is COc1cc(C=O)cc(Br)c1OCc1nnc(C)n1C. The number of methoxy groups -OCH3 is 1. The number of hydrogen-bond acceptors (Lipinski definition) is 5. The first-order chi connectivity index (χ1) is 9.56. The van der Waals surface area contributed by atoms with E-state index in [1.54, 1.807) is 12.1 Å². The summed E-state index contributed by atoms with van der Waals surface area (Å²) in [6, 6.07) is 3.29. The lowest BCUT2D eigenvalue weighted by Crippen LogP contribution is -2.05. The number of aromatic nitrogens is 3. The van der Waals surface area contributed by atoms with E-state index >= 15 is 0 Å². The Kier molecular flexibility index (Phi) is 4.39. The van der Waals surface area contributed by atoms with Crippen molar-refractivity contribution in [2.75, 3.05) is 7.11 Å². The minimum atomic E-state index is 0.257. The lowest BCUT2D eigenvalue weighted by atomic mass is 10.2. The maximum absolute atomic E-state index is 10.8. The van der Waals surface area contributed by atoms with Crippen LogP contribution in [0.15, 0.2) is 16.6 Å². The summed E-state index contributed by atoms with van der Waals surface area (Å²) in [4.78, 5) is 10.8. The van der Waals surface area contributed by atoms with E-state index in [0.717, 1.165) is 12.1 Å². The van der Waals surface area contributed by atoms with E-state index in [-0.39, 0.29) is 6.61 Å². The fourth-order valence-electron chi connectivity index (χ4n) is 1.66. The smallest absolute Gasteiger partial charge is 0.176 e. The van der Waals surface area contributed by atoms with Crippen LogP contribution in [-0.4, -0.2) is 28.2 Å². The highest BCUT2D eigenvalue weighted by Gasteiger charge is 2.13. The quantitative estimate of drug-likeness (QED) is 0.782. The van der Waals surface area contributed by atoms with Gasteiger partial charge in [0.05, 0.1) is 11.6 Å². The van der Waals surface area contributed by atoms with Gasteiger partial charge in [0.25, 0.3) is 0 Å². The maximum atomic E-state index is 10.8. The fourth-order valence-corrected chi connectivity index (χ4v) is 2.24. The van der Waals surface area contributed by atoms with Crippen molar-refractivity contribution in [3.8, 4) is 11.5 Å². The Morgan fingerprint density at radius 1 is 1.40 bits per heavy atom. The third kappa shape index (κ3) is 2.82. The molecule has 2 rings (SSSR count). The van der Waals surface area contributed by atoms with Crippen molar-refractivity contribution in [3.05, 3.63) is 33.8 Å². The number of nitrogens with zero attached hydrogens (tertiary/aromatic N) is 3. The minimum absolute atomic E-state index is 0.257. The molecule has 106 valence electrons. The number of benzene rings is 1. The zero-order valence-corrected chi connectivity index (χ0v) is 13.0. The van der Waals surface area contributed by atoms with Crippen LogP contribution in [0.25, 0.3) is 0 Å². The highest BCUT2D eigenvalue weighted by atomic mass is 79.9. The van der Waals surface area contributed by atoms with Crippen LogP contribution in [0, 0.1) is 6.92 Å². The van der Waals surface area contributed by atoms with E-state index in [1.165, 1.54) is 7.11 Å². The fraction of sp³-hybridized carbons (Fsp3) is 0.308. The Hall–Kier alpha value is -1.89. The van der Waals surface area contributed by atoms with Crippen molar-refractivity contribution in [1.29, 1.82) is 0 Å². The van der Waals surface area contributed by atoms with Gasteiger partial charge in [-0.3, -0.25) is 4.79 Å². The van der Waals surface area contributed by atoms with Crippen molar-refractivity contribution < 1.29 is 14.3 Å². The van der Waals surface area contributed by atoms with Gasteiger partial charge in [-0.05, 0) is 35.0 Å². The van der Waals surface area contributed by atoms with E-state index < -0.39 is 0 Å². The summed E-state index contributed by atoms with van der Waals surface area (Å²) in [6.45, 7) is 2.12. The second-order valence-electron chi connectivity index (χ2n) is 4.16. The molecule has 20 heavy (non-hydrogen) atoms. The Morgan fingerprint density at radius 3 is 2.70 bits per heavy atom. The van der Waals surface area contributed by atoms with Crippen LogP contribution in [0.2, 0.25) is 0 Å². The van der Waals surface area contributed by atoms with Gasteiger partial charge in [0.2, 0.25) is 0 Å². The number of aldehydes is 1. The van der Waals surface area contributed by atoms with E-state index in [4.69, 9.17) is 9.47 Å². The first-order valence-electron chi connectivity index (χ1n) is 5.87. The van der Waals surface area contributed by atoms with Gasteiger partial charge in [-0.2, -0.15) is 0 Å². The molecule has 0 aliphatic rings. The number of halogens is 1. The molecule has 0 fully saturated rings. The lowest BCUT2D eigenvalue weighted by molar-refractivity contribution is 0.112. The summed E-state index contributed by atoms with van der Waals surface area (Å²) in [5.41, 5.74) is 0.510. The van der Waals surface area contributed by atoms with Crippen molar-refractivity contribution in [1.82, 2.24) is 14.8 Å². The summed E-state index contributed by atoms with van der Waals surface area (Å²) in [5.74, 6) is 2.53. The highest BCUT2D eigenvalue weighted by Crippen LogP contribution is 2.36. The van der Waals surface area contributed by atoms with Crippen LogP contribution in [0.3, 0.4) is 0 Å². The van der Waals surface area contributed by atoms with Crippen LogP contribution >= 0.6 is 15.9 Å². The molecule has 0 aliphatic carbocycles. The van der Waals surface area contributed by atoms with Gasteiger partial charge in [-0.15, -0.1) is 10.2 Å². The monoisotopic (exact) mass is 339 g/mol. The van der Waals surface area contributed by atoms with Crippen molar-refractivity contribution in [2.45, 2.75) is 13.5 Å². The Morgan fingerprint density at radius 2 is 2.15 bits per heavy atom. The largest absolute Gasteiger partial charge is 0.493 e. The third-order valence-corrected chi connectivity index (χ3v) is 3.51. The molecule has 1 aromatic carbocycles. The molecule has 0 saturated heterocycles. The standard InChI is InChI=1S/C13H14BrN3O3/c1-8-15-16-12(17(8)2)7-20-13-10(14)4-9(6-18)5-11(13)19-3/h4-6H,7H2,1-3H3. The first kappa shape index (κ1) is 14.5. The lowest BCUT2D eigenvalue weighted by Gasteiger charge is -2.12. The Bertz CT molecular complexity index is 640. The normalized spacial score (nSPS) is 10.4. The molecule has 0 unspecified atom stereocenters. The van der Waals surface area contributed by atoms with Crippen molar-refractivity contribution in [3.63, 3.8) is 0 Å². The van der Waals surface area contributed by atoms with Crippen LogP contribution in [-0.2, 0) is 13.7 Å². The van der Waals surface area contributed by atoms with E-state index in [1.807, 2.05) is 18.5 Å². The summed E-state index contributed by atoms with van der Waals surface area (Å²) in [5, 5.41) is 7.99. The molecule has 2 aromatic rings. The molecule has 0 saturated carbocycles. The number of carbonyl (C=O) groups is 1. The van der Waals surface area contributed by atoms with Crippen LogP contribution in [0.5, 0.6) is 11.5 Å². The molecule has 0 N–H and O–H groups in total. The van der Waals surface area contributed by atoms with Gasteiger partial charge in [-0.1, -0.05) is 0 Å². The molecular formula is C13H14BrN3O3. The molecular weight excluding hydrogens is 326 g/mol. The van der Waals surface area contributed by atoms with Gasteiger partial charge in [0.1, 0.15) is 18.7 Å². The predicted octanol–water partition coefficient (Wildman–Crippen LogP) is 2.29. The average Bonchev–Trinajstić information content (AvgIpc) is 2.76. The van der Waals surface area contributed by atoms with Gasteiger partial charge in [0, 0.05) is 12.6 Å². The number of aryl methyl sites for hydroxylation is 1. The maximum Gasteiger partial charge on any atom is 0.176 e. The van der Waals surface area contributed by atoms with E-state index in [2.05, 4.69) is 26.1 Å². The van der Waals surface area contributed by atoms with Crippen molar-refractivity contribution in [2.24, 2.45) is 7.05 Å². The summed E-state index contributed by atoms with van der Waals surface area (Å²) in [7, 11) is 3.39. The second-order valence-corrected chi connectivity index (χ2v) is 5.02. The number of rotatable bonds is 5. The van der Waals surface area contributed by atoms with Gasteiger partial charge >= 0.3 is 0 Å². The van der Waals surface area contributed by atoms with Crippen molar-refractivity contribution >= 4 is 22.2 Å². The molecule has 0 spiro atoms. The molecule has 1 aromatic heterocycles. The number of hydrogen-bond donors (Lipinski definition) is 0. The molecule has 6 nitrogen and oxygen atoms in total. The first-order valence-corrected chi connectivity index (χ1v) is 6.66. The van der Waals surface area contributed by atoms with Gasteiger partial charge < -0.3 is 14.0 Å². The second kappa shape index (κ2) is 6.04. The highest BCUT2D eigenvalue weighted by molar-refractivity contribution is 9.10. The molecule has 0 aliphatic heterocycles. The minimum Gasteiger partial charge on any atom is -0.493 e. The molecule has 1 heterocycles.